The average molecular weight is 345 g/mol. The molecular formula is C19H23NO5. The molecule has 6 nitrogen and oxygen atoms in total. The number of piperidine rings is 1. The Labute approximate surface area is 147 Å². The van der Waals surface area contributed by atoms with Gasteiger partial charge in [-0.25, -0.2) is 9.59 Å². The Kier molecular flexibility index (Phi) is 5.26. The van der Waals surface area contributed by atoms with Crippen LogP contribution in [0.25, 0.3) is 0 Å². The van der Waals surface area contributed by atoms with Gasteiger partial charge in [0, 0.05) is 24.9 Å². The van der Waals surface area contributed by atoms with Gasteiger partial charge in [-0.15, -0.1) is 0 Å². The van der Waals surface area contributed by atoms with Crippen molar-refractivity contribution in [1.82, 2.24) is 4.90 Å². The van der Waals surface area contributed by atoms with Gasteiger partial charge in [-0.05, 0) is 18.9 Å². The maximum Gasteiger partial charge on any atom is 0.410 e. The van der Waals surface area contributed by atoms with Crippen LogP contribution in [0.4, 0.5) is 4.79 Å². The fraction of sp³-hybridized carbons (Fsp3) is 0.474. The van der Waals surface area contributed by atoms with Gasteiger partial charge in [-0.2, -0.15) is 0 Å². The first kappa shape index (κ1) is 17.3. The molecule has 3 atom stereocenters. The number of nitrogens with zero attached hydrogens (tertiary/aromatic N) is 1. The van der Waals surface area contributed by atoms with Gasteiger partial charge in [0.2, 0.25) is 0 Å². The summed E-state index contributed by atoms with van der Waals surface area (Å²) in [6.07, 6.45) is 1.81. The Morgan fingerprint density at radius 2 is 2.04 bits per heavy atom. The van der Waals surface area contributed by atoms with Crippen LogP contribution >= 0.6 is 0 Å². The summed E-state index contributed by atoms with van der Waals surface area (Å²) in [6.45, 7) is 3.27. The number of methoxy groups -OCH3 is 1. The number of amides is 1. The predicted octanol–water partition coefficient (Wildman–Crippen LogP) is 2.74. The second-order valence-corrected chi connectivity index (χ2v) is 6.45. The normalized spacial score (nSPS) is 25.3. The van der Waals surface area contributed by atoms with Gasteiger partial charge in [0.25, 0.3) is 0 Å². The Bertz CT molecular complexity index is 657. The molecular weight excluding hydrogens is 322 g/mol. The zero-order valence-electron chi connectivity index (χ0n) is 14.5. The van der Waals surface area contributed by atoms with Crippen LogP contribution in [0.5, 0.6) is 0 Å². The van der Waals surface area contributed by atoms with E-state index in [0.717, 1.165) is 5.56 Å². The molecule has 0 spiro atoms. The van der Waals surface area contributed by atoms with Crippen molar-refractivity contribution in [2.24, 2.45) is 11.8 Å². The van der Waals surface area contributed by atoms with E-state index < -0.39 is 0 Å². The van der Waals surface area contributed by atoms with E-state index in [4.69, 9.17) is 14.2 Å². The van der Waals surface area contributed by atoms with Crippen LogP contribution < -0.4 is 0 Å². The van der Waals surface area contributed by atoms with Crippen molar-refractivity contribution in [2.45, 2.75) is 26.1 Å². The fourth-order valence-corrected chi connectivity index (χ4v) is 3.51. The number of hydrogen-bond donors (Lipinski definition) is 0. The summed E-state index contributed by atoms with van der Waals surface area (Å²) in [7, 11) is 1.37. The maximum atomic E-state index is 12.4. The molecule has 25 heavy (non-hydrogen) atoms. The number of fused-ring (bicyclic) bond motifs is 1. The zero-order chi connectivity index (χ0) is 17.8. The van der Waals surface area contributed by atoms with Gasteiger partial charge in [0.15, 0.2) is 0 Å². The van der Waals surface area contributed by atoms with E-state index in [0.29, 0.717) is 25.1 Å². The van der Waals surface area contributed by atoms with Crippen LogP contribution in [0.3, 0.4) is 0 Å². The van der Waals surface area contributed by atoms with E-state index in [2.05, 4.69) is 0 Å². The van der Waals surface area contributed by atoms with E-state index in [9.17, 15) is 9.59 Å². The molecule has 1 unspecified atom stereocenters. The van der Waals surface area contributed by atoms with E-state index in [1.165, 1.54) is 13.4 Å². The standard InChI is InChI=1S/C19H23NO5/c1-13-16-10-20(19(22)25-11-14-6-4-3-5-7-14)9-8-15(16)17(12-24-13)18(21)23-2/h3-7,12-13,15-16H,8-11H2,1-2H3/t13-,15?,16-/m0/s1. The second-order valence-electron chi connectivity index (χ2n) is 6.45. The molecule has 1 saturated heterocycles. The Morgan fingerprint density at radius 3 is 2.76 bits per heavy atom. The largest absolute Gasteiger partial charge is 0.497 e. The molecule has 0 bridgehead atoms. The summed E-state index contributed by atoms with van der Waals surface area (Å²) >= 11 is 0. The van der Waals surface area contributed by atoms with Crippen molar-refractivity contribution in [3.8, 4) is 0 Å². The summed E-state index contributed by atoms with van der Waals surface area (Å²) < 4.78 is 15.9. The minimum absolute atomic E-state index is 0.0503. The summed E-state index contributed by atoms with van der Waals surface area (Å²) in [6, 6.07) is 9.59. The molecule has 0 saturated carbocycles. The van der Waals surface area contributed by atoms with Crippen LogP contribution in [0.1, 0.15) is 18.9 Å². The molecule has 134 valence electrons. The van der Waals surface area contributed by atoms with Gasteiger partial charge >= 0.3 is 12.1 Å². The van der Waals surface area contributed by atoms with Crippen LogP contribution in [0.2, 0.25) is 0 Å². The summed E-state index contributed by atoms with van der Waals surface area (Å²) in [5.74, 6) is -0.256. The summed E-state index contributed by atoms with van der Waals surface area (Å²) in [5, 5.41) is 0. The maximum absolute atomic E-state index is 12.4. The monoisotopic (exact) mass is 345 g/mol. The number of carbonyl (C=O) groups is 2. The molecule has 1 aromatic rings. The Hall–Kier alpha value is -2.50. The molecule has 1 amide bonds. The number of ether oxygens (including phenoxy) is 3. The van der Waals surface area contributed by atoms with Crippen LogP contribution in [0.15, 0.2) is 42.2 Å². The van der Waals surface area contributed by atoms with E-state index in [1.54, 1.807) is 4.90 Å². The van der Waals surface area contributed by atoms with Crippen molar-refractivity contribution in [3.63, 3.8) is 0 Å². The first-order valence-corrected chi connectivity index (χ1v) is 8.49. The lowest BCUT2D eigenvalue weighted by Crippen LogP contribution is -2.50. The predicted molar refractivity (Wildman–Crippen MR) is 90.4 cm³/mol. The lowest BCUT2D eigenvalue weighted by molar-refractivity contribution is -0.138. The van der Waals surface area contributed by atoms with E-state index in [1.807, 2.05) is 37.3 Å². The number of rotatable bonds is 3. The van der Waals surface area contributed by atoms with Crippen LogP contribution in [-0.4, -0.2) is 43.3 Å². The minimum Gasteiger partial charge on any atom is -0.497 e. The van der Waals surface area contributed by atoms with Gasteiger partial charge in [-0.1, -0.05) is 30.3 Å². The molecule has 1 fully saturated rings. The highest BCUT2D eigenvalue weighted by atomic mass is 16.6. The molecule has 2 aliphatic rings. The van der Waals surface area contributed by atoms with Crippen molar-refractivity contribution >= 4 is 12.1 Å². The number of hydrogen-bond acceptors (Lipinski definition) is 5. The quantitative estimate of drug-likeness (QED) is 0.788. The third-order valence-corrected chi connectivity index (χ3v) is 4.95. The highest BCUT2D eigenvalue weighted by Crippen LogP contribution is 2.37. The van der Waals surface area contributed by atoms with Crippen LogP contribution in [-0.2, 0) is 25.6 Å². The smallest absolute Gasteiger partial charge is 0.410 e. The van der Waals surface area contributed by atoms with Crippen molar-refractivity contribution in [1.29, 1.82) is 0 Å². The lowest BCUT2D eigenvalue weighted by Gasteiger charge is -2.43. The topological polar surface area (TPSA) is 65.1 Å². The summed E-state index contributed by atoms with van der Waals surface area (Å²) in [5.41, 5.74) is 1.51. The van der Waals surface area contributed by atoms with Gasteiger partial charge < -0.3 is 19.1 Å². The molecule has 2 heterocycles. The highest BCUT2D eigenvalue weighted by molar-refractivity contribution is 5.89. The molecule has 0 aromatic heterocycles. The summed E-state index contributed by atoms with van der Waals surface area (Å²) in [4.78, 5) is 26.0. The molecule has 1 aromatic carbocycles. The van der Waals surface area contributed by atoms with Crippen LogP contribution in [0, 0.1) is 11.8 Å². The van der Waals surface area contributed by atoms with Gasteiger partial charge in [0.1, 0.15) is 12.7 Å². The number of carbonyl (C=O) groups excluding carboxylic acids is 2. The minimum atomic E-state index is -0.359. The molecule has 3 rings (SSSR count). The Balaban J connectivity index is 1.61. The molecule has 6 heteroatoms. The first-order chi connectivity index (χ1) is 12.1. The molecule has 0 aliphatic carbocycles. The number of likely N-dealkylation sites (tertiary alicyclic amines) is 1. The van der Waals surface area contributed by atoms with Gasteiger partial charge in [0.05, 0.1) is 18.9 Å². The number of benzene rings is 1. The van der Waals surface area contributed by atoms with Crippen molar-refractivity contribution in [3.05, 3.63) is 47.7 Å². The third kappa shape index (κ3) is 3.78. The average Bonchev–Trinajstić information content (AvgIpc) is 2.66. The van der Waals surface area contributed by atoms with Crippen molar-refractivity contribution < 1.29 is 23.8 Å². The van der Waals surface area contributed by atoms with E-state index >= 15 is 0 Å². The van der Waals surface area contributed by atoms with Crippen molar-refractivity contribution in [2.75, 3.05) is 20.2 Å². The zero-order valence-corrected chi connectivity index (χ0v) is 14.5. The molecule has 0 radical (unpaired) electrons. The van der Waals surface area contributed by atoms with Gasteiger partial charge in [-0.3, -0.25) is 0 Å². The lowest BCUT2D eigenvalue weighted by atomic mass is 9.76. The Morgan fingerprint density at radius 1 is 1.28 bits per heavy atom. The SMILES string of the molecule is COC(=O)C1=CO[C@@H](C)[C@@H]2CN(C(=O)OCc3ccccc3)CCC12. The molecule has 2 aliphatic heterocycles. The third-order valence-electron chi connectivity index (χ3n) is 4.95. The second kappa shape index (κ2) is 7.59. The fourth-order valence-electron chi connectivity index (χ4n) is 3.51. The number of esters is 1. The highest BCUT2D eigenvalue weighted by Gasteiger charge is 2.42. The van der Waals surface area contributed by atoms with E-state index in [-0.39, 0.29) is 36.6 Å². The molecule has 0 N–H and O–H groups in total. The first-order valence-electron chi connectivity index (χ1n) is 8.49.